The third kappa shape index (κ3) is 5.71. The van der Waals surface area contributed by atoms with Crippen molar-refractivity contribution in [2.75, 3.05) is 11.1 Å². The number of carbonyl (C=O) groups excluding carboxylic acids is 1. The number of amides is 1. The van der Waals surface area contributed by atoms with Gasteiger partial charge >= 0.3 is 0 Å². The Labute approximate surface area is 180 Å². The van der Waals surface area contributed by atoms with Gasteiger partial charge in [-0.2, -0.15) is 0 Å². The number of aryl methyl sites for hydroxylation is 1. The maximum atomic E-state index is 12.4. The van der Waals surface area contributed by atoms with Gasteiger partial charge in [-0.15, -0.1) is 16.8 Å². The normalized spacial score (nSPS) is 10.7. The molecule has 0 aliphatic heterocycles. The second-order valence-electron chi connectivity index (χ2n) is 6.45. The minimum atomic E-state index is -0.0664. The molecule has 0 spiro atoms. The highest BCUT2D eigenvalue weighted by molar-refractivity contribution is 7.99. The van der Waals surface area contributed by atoms with E-state index in [9.17, 15) is 4.79 Å². The van der Waals surface area contributed by atoms with Gasteiger partial charge in [0.25, 0.3) is 0 Å². The molecule has 0 fully saturated rings. The molecule has 1 heterocycles. The smallest absolute Gasteiger partial charge is 0.234 e. The van der Waals surface area contributed by atoms with Crippen LogP contribution in [0.5, 0.6) is 0 Å². The number of thioether (sulfide) groups is 1. The van der Waals surface area contributed by atoms with E-state index in [1.165, 1.54) is 11.8 Å². The lowest BCUT2D eigenvalue weighted by Crippen LogP contribution is -2.16. The van der Waals surface area contributed by atoms with Crippen LogP contribution in [0.15, 0.2) is 66.3 Å². The van der Waals surface area contributed by atoms with E-state index in [-0.39, 0.29) is 11.7 Å². The Balaban J connectivity index is 1.67. The first kappa shape index (κ1) is 21.1. The molecule has 0 aliphatic carbocycles. The van der Waals surface area contributed by atoms with Crippen LogP contribution < -0.4 is 5.32 Å². The maximum absolute atomic E-state index is 12.4. The first-order valence-electron chi connectivity index (χ1n) is 9.38. The van der Waals surface area contributed by atoms with Crippen LogP contribution in [0.25, 0.3) is 0 Å². The van der Waals surface area contributed by atoms with Gasteiger partial charge in [0.05, 0.1) is 5.75 Å². The van der Waals surface area contributed by atoms with Crippen molar-refractivity contribution in [3.63, 3.8) is 0 Å². The number of para-hydroxylation sites is 1. The summed E-state index contributed by atoms with van der Waals surface area (Å²) < 4.78 is 1.99. The van der Waals surface area contributed by atoms with E-state index >= 15 is 0 Å². The molecule has 29 heavy (non-hydrogen) atoms. The van der Waals surface area contributed by atoms with Crippen LogP contribution in [0, 0.1) is 0 Å². The van der Waals surface area contributed by atoms with Gasteiger partial charge in [0.1, 0.15) is 5.82 Å². The lowest BCUT2D eigenvalue weighted by Gasteiger charge is -2.10. The van der Waals surface area contributed by atoms with Gasteiger partial charge < -0.3 is 9.88 Å². The van der Waals surface area contributed by atoms with Crippen molar-refractivity contribution in [1.82, 2.24) is 14.8 Å². The SMILES string of the molecule is C=CCn1c(Cc2ccc(Cl)cc2)nnc1SCC(=O)Nc1ccccc1CC. The molecule has 3 rings (SSSR count). The molecule has 150 valence electrons. The van der Waals surface area contributed by atoms with Crippen LogP contribution in [-0.2, 0) is 24.2 Å². The van der Waals surface area contributed by atoms with E-state index in [1.807, 2.05) is 53.1 Å². The van der Waals surface area contributed by atoms with Crippen molar-refractivity contribution in [3.8, 4) is 0 Å². The van der Waals surface area contributed by atoms with E-state index in [2.05, 4.69) is 29.0 Å². The summed E-state index contributed by atoms with van der Waals surface area (Å²) in [5.74, 6) is 1.02. The third-order valence-corrected chi connectivity index (χ3v) is 5.60. The van der Waals surface area contributed by atoms with Crippen molar-refractivity contribution < 1.29 is 4.79 Å². The van der Waals surface area contributed by atoms with Crippen molar-refractivity contribution in [1.29, 1.82) is 0 Å². The molecular weight excluding hydrogens is 404 g/mol. The summed E-state index contributed by atoms with van der Waals surface area (Å²) in [5, 5.41) is 13.0. The number of anilines is 1. The lowest BCUT2D eigenvalue weighted by molar-refractivity contribution is -0.113. The number of hydrogen-bond acceptors (Lipinski definition) is 4. The van der Waals surface area contributed by atoms with Crippen molar-refractivity contribution in [2.45, 2.75) is 31.5 Å². The molecule has 0 saturated heterocycles. The number of nitrogens with one attached hydrogen (secondary N) is 1. The second kappa shape index (κ2) is 10.3. The highest BCUT2D eigenvalue weighted by atomic mass is 35.5. The Morgan fingerprint density at radius 2 is 1.97 bits per heavy atom. The minimum Gasteiger partial charge on any atom is -0.325 e. The summed E-state index contributed by atoms with van der Waals surface area (Å²) in [4.78, 5) is 12.4. The van der Waals surface area contributed by atoms with E-state index in [1.54, 1.807) is 6.08 Å². The molecule has 0 bridgehead atoms. The number of halogens is 1. The lowest BCUT2D eigenvalue weighted by atomic mass is 10.1. The highest BCUT2D eigenvalue weighted by Crippen LogP contribution is 2.21. The number of benzene rings is 2. The first-order valence-corrected chi connectivity index (χ1v) is 10.7. The fraction of sp³-hybridized carbons (Fsp3) is 0.227. The summed E-state index contributed by atoms with van der Waals surface area (Å²) in [6.45, 7) is 6.48. The topological polar surface area (TPSA) is 59.8 Å². The number of carbonyl (C=O) groups is 1. The minimum absolute atomic E-state index is 0.0664. The summed E-state index contributed by atoms with van der Waals surface area (Å²) >= 11 is 7.33. The molecule has 1 N–H and O–H groups in total. The van der Waals surface area contributed by atoms with Gasteiger partial charge in [-0.05, 0) is 35.7 Å². The van der Waals surface area contributed by atoms with Crippen LogP contribution >= 0.6 is 23.4 Å². The van der Waals surface area contributed by atoms with Gasteiger partial charge in [0.15, 0.2) is 5.16 Å². The average Bonchev–Trinajstić information content (AvgIpc) is 3.10. The van der Waals surface area contributed by atoms with Gasteiger partial charge in [0, 0.05) is 23.7 Å². The van der Waals surface area contributed by atoms with Gasteiger partial charge in [0.2, 0.25) is 5.91 Å². The van der Waals surface area contributed by atoms with Crippen LogP contribution in [0.2, 0.25) is 5.02 Å². The Bertz CT molecular complexity index is 985. The second-order valence-corrected chi connectivity index (χ2v) is 7.83. The monoisotopic (exact) mass is 426 g/mol. The number of allylic oxidation sites excluding steroid dienone is 1. The molecule has 0 aliphatic rings. The summed E-state index contributed by atoms with van der Waals surface area (Å²) in [7, 11) is 0. The largest absolute Gasteiger partial charge is 0.325 e. The number of nitrogens with zero attached hydrogens (tertiary/aromatic N) is 3. The number of rotatable bonds is 9. The van der Waals surface area contributed by atoms with Gasteiger partial charge in [-0.1, -0.05) is 66.7 Å². The van der Waals surface area contributed by atoms with Crippen molar-refractivity contribution in [2.24, 2.45) is 0 Å². The fourth-order valence-corrected chi connectivity index (χ4v) is 3.81. The average molecular weight is 427 g/mol. The van der Waals surface area contributed by atoms with Gasteiger partial charge in [-0.3, -0.25) is 4.79 Å². The van der Waals surface area contributed by atoms with Crippen LogP contribution in [-0.4, -0.2) is 26.4 Å². The van der Waals surface area contributed by atoms with E-state index in [0.717, 1.165) is 29.1 Å². The predicted molar refractivity (Wildman–Crippen MR) is 120 cm³/mol. The summed E-state index contributed by atoms with van der Waals surface area (Å²) in [6.07, 6.45) is 3.30. The van der Waals surface area contributed by atoms with E-state index < -0.39 is 0 Å². The summed E-state index contributed by atoms with van der Waals surface area (Å²) in [5.41, 5.74) is 3.07. The molecule has 0 unspecified atom stereocenters. The van der Waals surface area contributed by atoms with Crippen LogP contribution in [0.4, 0.5) is 5.69 Å². The molecule has 1 aromatic heterocycles. The molecular formula is C22H23ClN4OS. The first-order chi connectivity index (χ1) is 14.1. The summed E-state index contributed by atoms with van der Waals surface area (Å²) in [6, 6.07) is 15.5. The van der Waals surface area contributed by atoms with Crippen LogP contribution in [0.3, 0.4) is 0 Å². The Hall–Kier alpha value is -2.57. The molecule has 0 saturated carbocycles. The zero-order chi connectivity index (χ0) is 20.6. The third-order valence-electron chi connectivity index (χ3n) is 4.39. The molecule has 2 aromatic carbocycles. The van der Waals surface area contributed by atoms with Crippen molar-refractivity contribution >= 4 is 35.0 Å². The molecule has 0 radical (unpaired) electrons. The molecule has 7 heteroatoms. The quantitative estimate of drug-likeness (QED) is 0.386. The Kier molecular flexibility index (Phi) is 7.49. The number of aromatic nitrogens is 3. The fourth-order valence-electron chi connectivity index (χ4n) is 2.92. The van der Waals surface area contributed by atoms with Gasteiger partial charge in [-0.25, -0.2) is 0 Å². The van der Waals surface area contributed by atoms with E-state index in [0.29, 0.717) is 23.1 Å². The molecule has 1 amide bonds. The molecule has 3 aromatic rings. The highest BCUT2D eigenvalue weighted by Gasteiger charge is 2.14. The molecule has 0 atom stereocenters. The zero-order valence-electron chi connectivity index (χ0n) is 16.3. The Morgan fingerprint density at radius 3 is 2.69 bits per heavy atom. The predicted octanol–water partition coefficient (Wildman–Crippen LogP) is 5.00. The zero-order valence-corrected chi connectivity index (χ0v) is 17.8. The van der Waals surface area contributed by atoms with Crippen LogP contribution in [0.1, 0.15) is 23.9 Å². The molecule has 5 nitrogen and oxygen atoms in total. The van der Waals surface area contributed by atoms with Crippen molar-refractivity contribution in [3.05, 3.63) is 83.2 Å². The van der Waals surface area contributed by atoms with E-state index in [4.69, 9.17) is 11.6 Å². The Morgan fingerprint density at radius 1 is 1.21 bits per heavy atom. The standard InChI is InChI=1S/C22H23ClN4OS/c1-3-13-27-20(14-16-9-11-18(23)12-10-16)25-26-22(27)29-15-21(28)24-19-8-6-5-7-17(19)4-2/h3,5-12H,1,4,13-15H2,2H3,(H,24,28). The maximum Gasteiger partial charge on any atom is 0.234 e. The number of hydrogen-bond donors (Lipinski definition) is 1.